The zero-order chi connectivity index (χ0) is 13.4. The number of hydrogen-bond donors (Lipinski definition) is 1. The SMILES string of the molecule is COC(=O)c1c(O)c2cccc(I)c2n(C)c1=O. The predicted octanol–water partition coefficient (Wildman–Crippen LogP) is 1.64. The zero-order valence-electron chi connectivity index (χ0n) is 9.73. The molecule has 0 aliphatic rings. The Labute approximate surface area is 116 Å². The minimum atomic E-state index is -0.839. The van der Waals surface area contributed by atoms with Crippen molar-refractivity contribution in [3.8, 4) is 5.75 Å². The zero-order valence-corrected chi connectivity index (χ0v) is 11.9. The van der Waals surface area contributed by atoms with Gasteiger partial charge in [0.25, 0.3) is 5.56 Å². The summed E-state index contributed by atoms with van der Waals surface area (Å²) in [7, 11) is 2.72. The first-order valence-electron chi connectivity index (χ1n) is 5.07. The fourth-order valence-electron chi connectivity index (χ4n) is 1.84. The van der Waals surface area contributed by atoms with Gasteiger partial charge in [-0.1, -0.05) is 6.07 Å². The lowest BCUT2D eigenvalue weighted by Gasteiger charge is -2.11. The van der Waals surface area contributed by atoms with E-state index in [1.54, 1.807) is 19.2 Å². The van der Waals surface area contributed by atoms with Gasteiger partial charge >= 0.3 is 5.97 Å². The lowest BCUT2D eigenvalue weighted by molar-refractivity contribution is 0.0595. The smallest absolute Gasteiger partial charge is 0.347 e. The molecular formula is C12H10INO4. The molecular weight excluding hydrogens is 349 g/mol. The van der Waals surface area contributed by atoms with Crippen LogP contribution in [0.2, 0.25) is 0 Å². The largest absolute Gasteiger partial charge is 0.506 e. The van der Waals surface area contributed by atoms with Gasteiger partial charge in [-0.25, -0.2) is 4.79 Å². The molecule has 1 heterocycles. The topological polar surface area (TPSA) is 68.5 Å². The maximum atomic E-state index is 12.1. The Hall–Kier alpha value is -1.57. The van der Waals surface area contributed by atoms with Crippen LogP contribution in [0, 0.1) is 3.57 Å². The number of para-hydroxylation sites is 1. The van der Waals surface area contributed by atoms with Crippen LogP contribution in [0.5, 0.6) is 5.75 Å². The second kappa shape index (κ2) is 4.60. The lowest BCUT2D eigenvalue weighted by atomic mass is 10.1. The van der Waals surface area contributed by atoms with Crippen molar-refractivity contribution in [1.82, 2.24) is 4.57 Å². The summed E-state index contributed by atoms with van der Waals surface area (Å²) in [4.78, 5) is 23.6. The third kappa shape index (κ3) is 1.76. The number of carbonyl (C=O) groups excluding carboxylic acids is 1. The number of fused-ring (bicyclic) bond motifs is 1. The van der Waals surface area contributed by atoms with Crippen LogP contribution in [0.15, 0.2) is 23.0 Å². The standard InChI is InChI=1S/C12H10INO4/c1-14-9-6(4-3-5-7(9)13)10(15)8(11(14)16)12(17)18-2/h3-5,15H,1-2H3. The van der Waals surface area contributed by atoms with Gasteiger partial charge < -0.3 is 14.4 Å². The molecule has 0 aliphatic carbocycles. The Balaban J connectivity index is 3.02. The molecule has 2 aromatic rings. The van der Waals surface area contributed by atoms with Gasteiger partial charge in [0.1, 0.15) is 5.75 Å². The Morgan fingerprint density at radius 2 is 2.11 bits per heavy atom. The fourth-order valence-corrected chi connectivity index (χ4v) is 2.70. The van der Waals surface area contributed by atoms with E-state index in [9.17, 15) is 14.7 Å². The van der Waals surface area contributed by atoms with Gasteiger partial charge in [0, 0.05) is 16.0 Å². The summed E-state index contributed by atoms with van der Waals surface area (Å²) in [6.45, 7) is 0. The highest BCUT2D eigenvalue weighted by Gasteiger charge is 2.22. The molecule has 1 aromatic carbocycles. The molecule has 0 radical (unpaired) electrons. The highest BCUT2D eigenvalue weighted by atomic mass is 127. The van der Waals surface area contributed by atoms with Gasteiger partial charge in [0.05, 0.1) is 12.6 Å². The van der Waals surface area contributed by atoms with Crippen molar-refractivity contribution in [3.05, 3.63) is 37.7 Å². The molecule has 0 aliphatic heterocycles. The van der Waals surface area contributed by atoms with Gasteiger partial charge in [-0.3, -0.25) is 4.79 Å². The van der Waals surface area contributed by atoms with Crippen molar-refractivity contribution in [2.45, 2.75) is 0 Å². The molecule has 1 aromatic heterocycles. The number of ether oxygens (including phenoxy) is 1. The number of aromatic nitrogens is 1. The number of aromatic hydroxyl groups is 1. The number of aryl methyl sites for hydroxylation is 1. The Bertz CT molecular complexity index is 705. The van der Waals surface area contributed by atoms with Gasteiger partial charge in [0.2, 0.25) is 0 Å². The summed E-state index contributed by atoms with van der Waals surface area (Å²) in [6, 6.07) is 5.22. The van der Waals surface area contributed by atoms with Gasteiger partial charge in [-0.05, 0) is 34.7 Å². The predicted molar refractivity (Wildman–Crippen MR) is 74.9 cm³/mol. The molecule has 0 spiro atoms. The third-order valence-electron chi connectivity index (χ3n) is 2.72. The number of hydrogen-bond acceptors (Lipinski definition) is 4. The van der Waals surface area contributed by atoms with Crippen LogP contribution >= 0.6 is 22.6 Å². The number of pyridine rings is 1. The van der Waals surface area contributed by atoms with Crippen molar-refractivity contribution in [2.24, 2.45) is 7.05 Å². The summed E-state index contributed by atoms with van der Waals surface area (Å²) in [5.41, 5.74) is -0.321. The molecule has 0 fully saturated rings. The minimum Gasteiger partial charge on any atom is -0.506 e. The number of esters is 1. The Kier molecular flexibility index (Phi) is 3.29. The summed E-state index contributed by atoms with van der Waals surface area (Å²) < 4.78 is 6.67. The van der Waals surface area contributed by atoms with Crippen LogP contribution < -0.4 is 5.56 Å². The molecule has 94 valence electrons. The van der Waals surface area contributed by atoms with E-state index in [-0.39, 0.29) is 11.3 Å². The van der Waals surface area contributed by atoms with E-state index < -0.39 is 11.5 Å². The van der Waals surface area contributed by atoms with E-state index in [4.69, 9.17) is 0 Å². The highest BCUT2D eigenvalue weighted by Crippen LogP contribution is 2.29. The second-order valence-electron chi connectivity index (χ2n) is 3.72. The van der Waals surface area contributed by atoms with Crippen molar-refractivity contribution in [1.29, 1.82) is 0 Å². The van der Waals surface area contributed by atoms with Crippen LogP contribution in [0.1, 0.15) is 10.4 Å². The first kappa shape index (κ1) is 12.9. The van der Waals surface area contributed by atoms with E-state index >= 15 is 0 Å². The van der Waals surface area contributed by atoms with E-state index in [2.05, 4.69) is 27.3 Å². The molecule has 5 nitrogen and oxygen atoms in total. The number of rotatable bonds is 1. The van der Waals surface area contributed by atoms with Gasteiger partial charge in [0.15, 0.2) is 5.56 Å². The van der Waals surface area contributed by atoms with Crippen LogP contribution in [-0.4, -0.2) is 22.8 Å². The lowest BCUT2D eigenvalue weighted by Crippen LogP contribution is -2.25. The second-order valence-corrected chi connectivity index (χ2v) is 4.88. The molecule has 0 bridgehead atoms. The molecule has 0 atom stereocenters. The van der Waals surface area contributed by atoms with Crippen molar-refractivity contribution < 1.29 is 14.6 Å². The number of halogens is 1. The number of benzene rings is 1. The van der Waals surface area contributed by atoms with Gasteiger partial charge in [-0.15, -0.1) is 0 Å². The Morgan fingerprint density at radius 3 is 2.72 bits per heavy atom. The Morgan fingerprint density at radius 1 is 1.44 bits per heavy atom. The summed E-state index contributed by atoms with van der Waals surface area (Å²) in [5, 5.41) is 10.5. The molecule has 0 unspecified atom stereocenters. The number of carbonyl (C=O) groups is 1. The van der Waals surface area contributed by atoms with Crippen LogP contribution in [0.25, 0.3) is 10.9 Å². The quantitative estimate of drug-likeness (QED) is 0.621. The first-order chi connectivity index (χ1) is 8.49. The number of nitrogens with zero attached hydrogens (tertiary/aromatic N) is 1. The van der Waals surface area contributed by atoms with Crippen molar-refractivity contribution in [2.75, 3.05) is 7.11 Å². The van der Waals surface area contributed by atoms with E-state index in [0.717, 1.165) is 3.57 Å². The highest BCUT2D eigenvalue weighted by molar-refractivity contribution is 14.1. The van der Waals surface area contributed by atoms with Crippen molar-refractivity contribution >= 4 is 39.5 Å². The molecule has 0 saturated heterocycles. The van der Waals surface area contributed by atoms with Crippen LogP contribution in [0.3, 0.4) is 0 Å². The minimum absolute atomic E-state index is 0.335. The van der Waals surface area contributed by atoms with E-state index in [1.165, 1.54) is 11.7 Å². The van der Waals surface area contributed by atoms with Gasteiger partial charge in [-0.2, -0.15) is 0 Å². The molecule has 6 heteroatoms. The normalized spacial score (nSPS) is 10.6. The van der Waals surface area contributed by atoms with E-state index in [1.807, 2.05) is 6.07 Å². The summed E-state index contributed by atoms with van der Waals surface area (Å²) in [5.74, 6) is -1.17. The first-order valence-corrected chi connectivity index (χ1v) is 6.15. The van der Waals surface area contributed by atoms with E-state index in [0.29, 0.717) is 10.9 Å². The molecule has 0 amide bonds. The average Bonchev–Trinajstić information content (AvgIpc) is 2.35. The maximum Gasteiger partial charge on any atom is 0.347 e. The molecule has 18 heavy (non-hydrogen) atoms. The summed E-state index contributed by atoms with van der Waals surface area (Å²) in [6.07, 6.45) is 0. The summed E-state index contributed by atoms with van der Waals surface area (Å²) >= 11 is 2.07. The maximum absolute atomic E-state index is 12.1. The van der Waals surface area contributed by atoms with Crippen LogP contribution in [0.4, 0.5) is 0 Å². The molecule has 2 rings (SSSR count). The molecule has 0 saturated carbocycles. The average molecular weight is 359 g/mol. The third-order valence-corrected chi connectivity index (χ3v) is 3.59. The fraction of sp³-hybridized carbons (Fsp3) is 0.167. The number of methoxy groups -OCH3 is 1. The van der Waals surface area contributed by atoms with Crippen LogP contribution in [-0.2, 0) is 11.8 Å². The molecule has 1 N–H and O–H groups in total. The monoisotopic (exact) mass is 359 g/mol. The van der Waals surface area contributed by atoms with Crippen molar-refractivity contribution in [3.63, 3.8) is 0 Å².